The second kappa shape index (κ2) is 5.72. The topological polar surface area (TPSA) is 26.0 Å². The highest BCUT2D eigenvalue weighted by atomic mass is 79.9. The fourth-order valence-electron chi connectivity index (χ4n) is 1.49. The quantitative estimate of drug-likeness (QED) is 0.608. The number of rotatable bonds is 2. The van der Waals surface area contributed by atoms with Gasteiger partial charge in [0.25, 0.3) is 0 Å². The molecule has 0 saturated carbocycles. The van der Waals surface area contributed by atoms with Crippen molar-refractivity contribution in [1.29, 1.82) is 0 Å². The van der Waals surface area contributed by atoms with Crippen LogP contribution in [-0.4, -0.2) is 0 Å². The molecular weight excluding hydrogens is 453 g/mol. The smallest absolute Gasteiger partial charge is 0.0761 e. The van der Waals surface area contributed by atoms with Crippen LogP contribution in [0.5, 0.6) is 0 Å². The molecule has 0 saturated heterocycles. The highest BCUT2D eigenvalue weighted by molar-refractivity contribution is 9.12. The third-order valence-corrected chi connectivity index (χ3v) is 6.03. The molecule has 0 amide bonds. The van der Waals surface area contributed by atoms with Crippen molar-refractivity contribution in [3.63, 3.8) is 0 Å². The first-order chi connectivity index (χ1) is 8.00. The zero-order chi connectivity index (χ0) is 12.6. The van der Waals surface area contributed by atoms with Gasteiger partial charge in [0, 0.05) is 4.47 Å². The summed E-state index contributed by atoms with van der Waals surface area (Å²) >= 11 is 18.2. The summed E-state index contributed by atoms with van der Waals surface area (Å²) in [5.74, 6) is 0. The van der Waals surface area contributed by atoms with Crippen LogP contribution in [-0.2, 0) is 0 Å². The second-order valence-electron chi connectivity index (χ2n) is 3.40. The van der Waals surface area contributed by atoms with Crippen molar-refractivity contribution >= 4 is 70.7 Å². The molecule has 0 radical (unpaired) electrons. The summed E-state index contributed by atoms with van der Waals surface area (Å²) < 4.78 is 2.92. The van der Waals surface area contributed by atoms with E-state index in [1.165, 1.54) is 0 Å². The highest BCUT2D eigenvalue weighted by Gasteiger charge is 2.18. The van der Waals surface area contributed by atoms with Crippen molar-refractivity contribution in [2.75, 3.05) is 0 Å². The largest absolute Gasteiger partial charge is 0.320 e. The van der Waals surface area contributed by atoms with Gasteiger partial charge in [-0.3, -0.25) is 0 Å². The molecule has 1 atom stereocenters. The van der Waals surface area contributed by atoms with E-state index in [-0.39, 0.29) is 6.04 Å². The van der Waals surface area contributed by atoms with Crippen molar-refractivity contribution < 1.29 is 0 Å². The van der Waals surface area contributed by atoms with Gasteiger partial charge in [0.05, 0.1) is 18.6 Å². The number of hydrogen-bond donors (Lipinski definition) is 1. The third-order valence-electron chi connectivity index (χ3n) is 2.33. The Morgan fingerprint density at radius 1 is 1.18 bits per heavy atom. The van der Waals surface area contributed by atoms with Crippen LogP contribution in [0, 0.1) is 0 Å². The van der Waals surface area contributed by atoms with Crippen LogP contribution in [0.15, 0.2) is 36.3 Å². The van der Waals surface area contributed by atoms with Crippen LogP contribution in [0.4, 0.5) is 0 Å². The zero-order valence-electron chi connectivity index (χ0n) is 8.38. The molecule has 2 rings (SSSR count). The van der Waals surface area contributed by atoms with E-state index < -0.39 is 0 Å². The maximum Gasteiger partial charge on any atom is 0.0761 e. The molecule has 0 aliphatic heterocycles. The van der Waals surface area contributed by atoms with E-state index in [1.807, 2.05) is 24.3 Å². The molecule has 1 aromatic heterocycles. The Bertz CT molecular complexity index is 556. The monoisotopic (exact) mass is 457 g/mol. The molecule has 17 heavy (non-hydrogen) atoms. The van der Waals surface area contributed by atoms with Gasteiger partial charge in [-0.25, -0.2) is 0 Å². The first kappa shape index (κ1) is 14.0. The van der Waals surface area contributed by atoms with Gasteiger partial charge in [-0.2, -0.15) is 0 Å². The lowest BCUT2D eigenvalue weighted by Crippen LogP contribution is -2.12. The molecule has 1 nitrogen and oxygen atoms in total. The van der Waals surface area contributed by atoms with Crippen LogP contribution in [0.25, 0.3) is 0 Å². The zero-order valence-corrected chi connectivity index (χ0v) is 14.7. The van der Waals surface area contributed by atoms with Crippen LogP contribution in [0.3, 0.4) is 0 Å². The minimum absolute atomic E-state index is 0.239. The number of hydrogen-bond acceptors (Lipinski definition) is 2. The van der Waals surface area contributed by atoms with Crippen LogP contribution < -0.4 is 5.73 Å². The van der Waals surface area contributed by atoms with Gasteiger partial charge >= 0.3 is 0 Å². The fourth-order valence-corrected chi connectivity index (χ4v) is 5.05. The number of nitrogens with two attached hydrogens (primary N) is 1. The van der Waals surface area contributed by atoms with E-state index >= 15 is 0 Å². The molecule has 6 heteroatoms. The molecular formula is C11H7Br3ClNS. The number of benzene rings is 1. The number of thiophene rings is 1. The predicted molar refractivity (Wildman–Crippen MR) is 84.9 cm³/mol. The minimum Gasteiger partial charge on any atom is -0.320 e. The summed E-state index contributed by atoms with van der Waals surface area (Å²) in [6, 6.07) is 7.54. The molecule has 1 aromatic carbocycles. The Labute approximate surface area is 134 Å². The molecule has 2 aromatic rings. The molecule has 0 aliphatic rings. The van der Waals surface area contributed by atoms with Gasteiger partial charge < -0.3 is 5.73 Å². The summed E-state index contributed by atoms with van der Waals surface area (Å²) in [6.45, 7) is 0. The highest BCUT2D eigenvalue weighted by Crippen LogP contribution is 2.39. The van der Waals surface area contributed by atoms with E-state index in [4.69, 9.17) is 17.3 Å². The minimum atomic E-state index is -0.239. The van der Waals surface area contributed by atoms with Gasteiger partial charge in [-0.05, 0) is 71.0 Å². The molecule has 0 spiro atoms. The Hall–Kier alpha value is 0.610. The van der Waals surface area contributed by atoms with E-state index in [1.54, 1.807) is 11.3 Å². The number of halogens is 4. The average molecular weight is 460 g/mol. The van der Waals surface area contributed by atoms with Crippen molar-refractivity contribution in [1.82, 2.24) is 0 Å². The first-order valence-corrected chi connectivity index (χ1v) is 8.22. The maximum atomic E-state index is 6.25. The van der Waals surface area contributed by atoms with Gasteiger partial charge in [0.15, 0.2) is 0 Å². The fraction of sp³-hybridized carbons (Fsp3) is 0.0909. The van der Waals surface area contributed by atoms with Gasteiger partial charge in [-0.1, -0.05) is 23.7 Å². The first-order valence-electron chi connectivity index (χ1n) is 4.65. The van der Waals surface area contributed by atoms with Crippen molar-refractivity contribution in [3.8, 4) is 0 Å². The molecule has 2 N–H and O–H groups in total. The van der Waals surface area contributed by atoms with Crippen molar-refractivity contribution in [2.45, 2.75) is 6.04 Å². The Kier molecular flexibility index (Phi) is 4.72. The third kappa shape index (κ3) is 2.96. The second-order valence-corrected chi connectivity index (χ2v) is 8.38. The van der Waals surface area contributed by atoms with E-state index in [9.17, 15) is 0 Å². The lowest BCUT2D eigenvalue weighted by Gasteiger charge is -2.14. The van der Waals surface area contributed by atoms with Crippen molar-refractivity contribution in [2.24, 2.45) is 5.73 Å². The SMILES string of the molecule is NC(c1cc(Br)sc1Br)c1cccc(Br)c1Cl. The molecule has 0 fully saturated rings. The van der Waals surface area contributed by atoms with E-state index in [0.717, 1.165) is 23.2 Å². The summed E-state index contributed by atoms with van der Waals surface area (Å²) in [4.78, 5) is 0. The predicted octanol–water partition coefficient (Wildman–Crippen LogP) is 5.74. The van der Waals surface area contributed by atoms with Crippen molar-refractivity contribution in [3.05, 3.63) is 52.5 Å². The van der Waals surface area contributed by atoms with E-state index in [2.05, 4.69) is 47.8 Å². The normalized spacial score (nSPS) is 12.8. The lowest BCUT2D eigenvalue weighted by atomic mass is 10.0. The Morgan fingerprint density at radius 3 is 2.47 bits per heavy atom. The Balaban J connectivity index is 2.47. The Morgan fingerprint density at radius 2 is 1.88 bits per heavy atom. The van der Waals surface area contributed by atoms with Crippen LogP contribution in [0.2, 0.25) is 5.02 Å². The van der Waals surface area contributed by atoms with Crippen LogP contribution in [0.1, 0.15) is 17.2 Å². The lowest BCUT2D eigenvalue weighted by molar-refractivity contribution is 0.871. The molecule has 90 valence electrons. The summed E-state index contributed by atoms with van der Waals surface area (Å²) in [5.41, 5.74) is 8.19. The van der Waals surface area contributed by atoms with Gasteiger partial charge in [0.1, 0.15) is 0 Å². The molecule has 1 heterocycles. The molecule has 0 aliphatic carbocycles. The summed E-state index contributed by atoms with van der Waals surface area (Å²) in [7, 11) is 0. The average Bonchev–Trinajstić information content (AvgIpc) is 2.61. The molecule has 0 bridgehead atoms. The maximum absolute atomic E-state index is 6.25. The van der Waals surface area contributed by atoms with E-state index in [0.29, 0.717) is 5.02 Å². The van der Waals surface area contributed by atoms with Crippen LogP contribution >= 0.6 is 70.7 Å². The van der Waals surface area contributed by atoms with Gasteiger partial charge in [-0.15, -0.1) is 11.3 Å². The van der Waals surface area contributed by atoms with Gasteiger partial charge in [0.2, 0.25) is 0 Å². The summed E-state index contributed by atoms with van der Waals surface area (Å²) in [6.07, 6.45) is 0. The summed E-state index contributed by atoms with van der Waals surface area (Å²) in [5, 5.41) is 0.661. The molecule has 1 unspecified atom stereocenters. The standard InChI is InChI=1S/C11H7Br3ClNS/c12-7-3-1-2-5(9(7)15)10(16)6-4-8(13)17-11(6)14/h1-4,10H,16H2.